The molecule has 1 saturated heterocycles. The summed E-state index contributed by atoms with van der Waals surface area (Å²) in [4.78, 5) is 28.0. The van der Waals surface area contributed by atoms with E-state index in [1.807, 2.05) is 43.1 Å². The molecule has 12 heteroatoms. The van der Waals surface area contributed by atoms with Crippen LogP contribution in [0.4, 0.5) is 21.6 Å². The van der Waals surface area contributed by atoms with Crippen LogP contribution in [0.1, 0.15) is 18.4 Å². The van der Waals surface area contributed by atoms with Gasteiger partial charge in [-0.25, -0.2) is 19.3 Å². The molecule has 3 aromatic carbocycles. The van der Waals surface area contributed by atoms with Gasteiger partial charge in [-0.3, -0.25) is 9.69 Å². The van der Waals surface area contributed by atoms with Crippen LogP contribution in [0.3, 0.4) is 0 Å². The number of hydrogen-bond donors (Lipinski definition) is 2. The van der Waals surface area contributed by atoms with Gasteiger partial charge in [-0.1, -0.05) is 0 Å². The van der Waals surface area contributed by atoms with Gasteiger partial charge in [0.1, 0.15) is 35.1 Å². The molecule has 44 heavy (non-hydrogen) atoms. The van der Waals surface area contributed by atoms with Crippen molar-refractivity contribution in [1.82, 2.24) is 19.9 Å². The molecule has 10 nitrogen and oxygen atoms in total. The first-order chi connectivity index (χ1) is 21.3. The van der Waals surface area contributed by atoms with Crippen LogP contribution in [-0.2, 0) is 4.79 Å². The number of ether oxygens (including phenoxy) is 3. The summed E-state index contributed by atoms with van der Waals surface area (Å²) in [6.45, 7) is 2.80. The molecule has 0 radical (unpaired) electrons. The molecule has 1 unspecified atom stereocenters. The molecule has 1 amide bonds. The fourth-order valence-corrected chi connectivity index (χ4v) is 5.88. The third kappa shape index (κ3) is 5.99. The van der Waals surface area contributed by atoms with E-state index in [0.29, 0.717) is 45.4 Å². The number of carbonyl (C=O) groups excluding carboxylic acids is 1. The van der Waals surface area contributed by atoms with Crippen molar-refractivity contribution in [3.63, 3.8) is 0 Å². The highest BCUT2D eigenvalue weighted by molar-refractivity contribution is 7.16. The average Bonchev–Trinajstić information content (AvgIpc) is 3.66. The lowest BCUT2D eigenvalue weighted by Crippen LogP contribution is -2.24. The van der Waals surface area contributed by atoms with E-state index in [0.717, 1.165) is 35.2 Å². The van der Waals surface area contributed by atoms with Crippen molar-refractivity contribution in [2.75, 3.05) is 38.4 Å². The van der Waals surface area contributed by atoms with E-state index in [1.165, 1.54) is 19.5 Å². The Labute approximate surface area is 257 Å². The van der Waals surface area contributed by atoms with Crippen molar-refractivity contribution < 1.29 is 23.4 Å². The average molecular weight is 615 g/mol. The lowest BCUT2D eigenvalue weighted by atomic mass is 10.1. The summed E-state index contributed by atoms with van der Waals surface area (Å²) in [5.74, 6) is 0.922. The van der Waals surface area contributed by atoms with Gasteiger partial charge in [0, 0.05) is 29.6 Å². The monoisotopic (exact) mass is 614 g/mol. The topological polar surface area (TPSA) is 111 Å². The van der Waals surface area contributed by atoms with E-state index in [2.05, 4.69) is 25.6 Å². The summed E-state index contributed by atoms with van der Waals surface area (Å²) in [5.41, 5.74) is 5.03. The molecule has 5 aromatic rings. The number of likely N-dealkylation sites (tertiary alicyclic amines) is 1. The van der Waals surface area contributed by atoms with Gasteiger partial charge in [0.15, 0.2) is 5.83 Å². The second kappa shape index (κ2) is 12.4. The van der Waals surface area contributed by atoms with E-state index < -0.39 is 11.7 Å². The number of aryl methyl sites for hydroxylation is 1. The summed E-state index contributed by atoms with van der Waals surface area (Å²) < 4.78 is 33.4. The minimum atomic E-state index is -0.851. The number of halogens is 1. The summed E-state index contributed by atoms with van der Waals surface area (Å²) >= 11 is 1.57. The van der Waals surface area contributed by atoms with E-state index in [4.69, 9.17) is 14.2 Å². The normalized spacial score (nSPS) is 15.5. The molecule has 0 saturated carbocycles. The van der Waals surface area contributed by atoms with Crippen LogP contribution in [0.2, 0.25) is 0 Å². The number of amides is 1. The number of aromatic nitrogens is 3. The van der Waals surface area contributed by atoms with Gasteiger partial charge in [0.2, 0.25) is 0 Å². The second-order valence-electron chi connectivity index (χ2n) is 10.5. The highest BCUT2D eigenvalue weighted by atomic mass is 32.1. The third-order valence-electron chi connectivity index (χ3n) is 7.62. The number of carbonyl (C=O) groups is 1. The Balaban J connectivity index is 1.28. The quantitative estimate of drug-likeness (QED) is 0.170. The van der Waals surface area contributed by atoms with Gasteiger partial charge < -0.3 is 24.8 Å². The summed E-state index contributed by atoms with van der Waals surface area (Å²) in [6, 6.07) is 12.7. The molecular formula is C32H31FN6O4S. The van der Waals surface area contributed by atoms with Crippen molar-refractivity contribution in [1.29, 1.82) is 0 Å². The standard InChI is InChI=1S/C32H31FN6O4S/c1-18-10-24(29(42-4)15-27(18)43-20-7-8-30-26(12-20)36-17-44-30)37-31-21-13-25(28(41-3)14-23(21)34-16-35-31)38-32(40)22(33)11-19-6-5-9-39(19)2/h7-8,10-17,19H,5-6,9H2,1-4H3,(H,38,40)(H,34,35,37)/b22-11+. The first-order valence-corrected chi connectivity index (χ1v) is 14.9. The van der Waals surface area contributed by atoms with Crippen molar-refractivity contribution in [3.05, 3.63) is 71.8 Å². The molecule has 1 fully saturated rings. The summed E-state index contributed by atoms with van der Waals surface area (Å²) in [5, 5.41) is 6.56. The van der Waals surface area contributed by atoms with Gasteiger partial charge in [0.25, 0.3) is 5.91 Å². The van der Waals surface area contributed by atoms with Crippen LogP contribution in [0.25, 0.3) is 21.1 Å². The number of fused-ring (bicyclic) bond motifs is 2. The number of hydrogen-bond acceptors (Lipinski definition) is 10. The molecule has 1 aliphatic heterocycles. The summed E-state index contributed by atoms with van der Waals surface area (Å²) in [6.07, 6.45) is 4.56. The smallest absolute Gasteiger partial charge is 0.284 e. The van der Waals surface area contributed by atoms with E-state index in [9.17, 15) is 9.18 Å². The minimum absolute atomic E-state index is 0.111. The number of benzene rings is 3. The minimum Gasteiger partial charge on any atom is -0.494 e. The fraction of sp³-hybridized carbons (Fsp3) is 0.250. The Morgan fingerprint density at radius 2 is 1.84 bits per heavy atom. The maximum Gasteiger partial charge on any atom is 0.284 e. The Morgan fingerprint density at radius 3 is 2.61 bits per heavy atom. The third-order valence-corrected chi connectivity index (χ3v) is 8.43. The molecule has 0 bridgehead atoms. The van der Waals surface area contributed by atoms with Crippen LogP contribution < -0.4 is 24.8 Å². The van der Waals surface area contributed by atoms with Crippen LogP contribution in [-0.4, -0.2) is 59.6 Å². The molecule has 226 valence electrons. The molecule has 1 aliphatic rings. The van der Waals surface area contributed by atoms with E-state index >= 15 is 0 Å². The van der Waals surface area contributed by atoms with Gasteiger partial charge in [-0.2, -0.15) is 0 Å². The molecular weight excluding hydrogens is 583 g/mol. The van der Waals surface area contributed by atoms with Gasteiger partial charge in [-0.15, -0.1) is 11.3 Å². The van der Waals surface area contributed by atoms with E-state index in [-0.39, 0.29) is 11.7 Å². The number of likely N-dealkylation sites (N-methyl/N-ethyl adjacent to an activating group) is 1. The summed E-state index contributed by atoms with van der Waals surface area (Å²) in [7, 11) is 4.96. The predicted octanol–water partition coefficient (Wildman–Crippen LogP) is 6.99. The predicted molar refractivity (Wildman–Crippen MR) is 170 cm³/mol. The maximum atomic E-state index is 14.9. The maximum absolute atomic E-state index is 14.9. The Morgan fingerprint density at radius 1 is 1.02 bits per heavy atom. The lowest BCUT2D eigenvalue weighted by molar-refractivity contribution is -0.114. The zero-order valence-corrected chi connectivity index (χ0v) is 25.5. The SMILES string of the molecule is COc1cc2ncnc(Nc3cc(C)c(Oc4ccc5scnc5c4)cc3OC)c2cc1NC(=O)/C(F)=C\C1CCCN1C. The molecule has 3 heterocycles. The van der Waals surface area contributed by atoms with Crippen LogP contribution in [0.5, 0.6) is 23.0 Å². The molecule has 1 atom stereocenters. The number of methoxy groups -OCH3 is 2. The van der Waals surface area contributed by atoms with E-state index in [1.54, 1.807) is 42.2 Å². The number of thiazole rings is 1. The zero-order valence-electron chi connectivity index (χ0n) is 24.7. The highest BCUT2D eigenvalue weighted by Crippen LogP contribution is 2.39. The van der Waals surface area contributed by atoms with Gasteiger partial charge >= 0.3 is 0 Å². The molecule has 6 rings (SSSR count). The Bertz CT molecular complexity index is 1890. The zero-order chi connectivity index (χ0) is 30.8. The number of rotatable bonds is 9. The number of nitrogens with zero attached hydrogens (tertiary/aromatic N) is 4. The van der Waals surface area contributed by atoms with Crippen LogP contribution in [0, 0.1) is 6.92 Å². The second-order valence-corrected chi connectivity index (χ2v) is 11.4. The molecule has 0 aliphatic carbocycles. The number of nitrogens with one attached hydrogen (secondary N) is 2. The molecule has 2 N–H and O–H groups in total. The first-order valence-electron chi connectivity index (χ1n) is 14.0. The van der Waals surface area contributed by atoms with Crippen LogP contribution >= 0.6 is 11.3 Å². The molecule has 0 spiro atoms. The van der Waals surface area contributed by atoms with Crippen LogP contribution in [0.15, 0.2) is 66.2 Å². The first kappa shape index (κ1) is 29.3. The van der Waals surface area contributed by atoms with Gasteiger partial charge in [0.05, 0.1) is 46.8 Å². The lowest BCUT2D eigenvalue weighted by Gasteiger charge is -2.17. The largest absolute Gasteiger partial charge is 0.494 e. The Hall–Kier alpha value is -4.81. The fourth-order valence-electron chi connectivity index (χ4n) is 5.22. The van der Waals surface area contributed by atoms with Crippen molar-refractivity contribution >= 4 is 55.6 Å². The molecule has 2 aromatic heterocycles. The van der Waals surface area contributed by atoms with Gasteiger partial charge in [-0.05, 0) is 69.3 Å². The number of anilines is 3. The van der Waals surface area contributed by atoms with Crippen molar-refractivity contribution in [2.45, 2.75) is 25.8 Å². The van der Waals surface area contributed by atoms with Crippen molar-refractivity contribution in [2.24, 2.45) is 0 Å². The Kier molecular flexibility index (Phi) is 8.27. The highest BCUT2D eigenvalue weighted by Gasteiger charge is 2.22. The van der Waals surface area contributed by atoms with Crippen molar-refractivity contribution in [3.8, 4) is 23.0 Å².